The van der Waals surface area contributed by atoms with Gasteiger partial charge in [0, 0.05) is 12.2 Å². The number of nitrogens with one attached hydrogen (secondary N) is 1. The lowest BCUT2D eigenvalue weighted by Crippen LogP contribution is -2.44. The number of nitrogens with two attached hydrogens (primary N) is 1. The summed E-state index contributed by atoms with van der Waals surface area (Å²) in [6.07, 6.45) is 4.75. The van der Waals surface area contributed by atoms with E-state index in [1.54, 1.807) is 18.3 Å². The van der Waals surface area contributed by atoms with E-state index >= 15 is 0 Å². The first-order valence-corrected chi connectivity index (χ1v) is 9.41. The predicted octanol–water partition coefficient (Wildman–Crippen LogP) is 1.84. The molecule has 8 heteroatoms. The number of ether oxygens (including phenoxy) is 1. The number of carbonyl (C=O) groups excluding carboxylic acids is 3. The van der Waals surface area contributed by atoms with Crippen molar-refractivity contribution in [2.75, 3.05) is 0 Å². The zero-order chi connectivity index (χ0) is 19.6. The lowest BCUT2D eigenvalue weighted by atomic mass is 9.91. The number of primary amides is 1. The zero-order valence-electron chi connectivity index (χ0n) is 15.7. The second-order valence-corrected chi connectivity index (χ2v) is 7.61. The van der Waals surface area contributed by atoms with Crippen molar-refractivity contribution in [1.29, 1.82) is 0 Å². The third-order valence-electron chi connectivity index (χ3n) is 5.08. The number of hydrogen-bond donors (Lipinski definition) is 2. The van der Waals surface area contributed by atoms with Gasteiger partial charge in [-0.05, 0) is 50.2 Å². The average molecular weight is 374 g/mol. The van der Waals surface area contributed by atoms with Gasteiger partial charge in [0.2, 0.25) is 5.88 Å². The normalized spacial score (nSPS) is 25.6. The molecule has 1 aromatic rings. The van der Waals surface area contributed by atoms with E-state index in [1.165, 1.54) is 4.90 Å². The van der Waals surface area contributed by atoms with E-state index in [4.69, 9.17) is 10.5 Å². The minimum atomic E-state index is -0.581. The quantitative estimate of drug-likeness (QED) is 0.737. The highest BCUT2D eigenvalue weighted by atomic mass is 16.5. The monoisotopic (exact) mass is 374 g/mol. The smallest absolute Gasteiger partial charge is 0.325 e. The fourth-order valence-corrected chi connectivity index (χ4v) is 3.78. The van der Waals surface area contributed by atoms with Gasteiger partial charge in [0.15, 0.2) is 0 Å². The van der Waals surface area contributed by atoms with Crippen LogP contribution in [0.25, 0.3) is 0 Å². The van der Waals surface area contributed by atoms with Gasteiger partial charge in [-0.15, -0.1) is 0 Å². The van der Waals surface area contributed by atoms with Crippen LogP contribution in [0.15, 0.2) is 18.3 Å². The maximum Gasteiger partial charge on any atom is 0.325 e. The van der Waals surface area contributed by atoms with Crippen LogP contribution in [0, 0.1) is 5.92 Å². The second-order valence-electron chi connectivity index (χ2n) is 7.61. The third kappa shape index (κ3) is 4.20. The van der Waals surface area contributed by atoms with Crippen LogP contribution in [0.4, 0.5) is 4.79 Å². The van der Waals surface area contributed by atoms with Crippen molar-refractivity contribution in [2.45, 2.75) is 64.1 Å². The molecule has 1 saturated heterocycles. The molecule has 0 radical (unpaired) electrons. The standard InChI is InChI=1S/C19H26N4O4/c1-11(2)10-15-18(25)23(19(26)22-15)12-5-7-13(8-6-12)27-17-14(16(20)24)4-3-9-21-17/h3-4,9,11-13,15H,5-8,10H2,1-2H3,(H2,20,24)(H,22,26)/t12-,13-,15?. The Labute approximate surface area is 158 Å². The van der Waals surface area contributed by atoms with Crippen molar-refractivity contribution in [1.82, 2.24) is 15.2 Å². The highest BCUT2D eigenvalue weighted by Gasteiger charge is 2.43. The summed E-state index contributed by atoms with van der Waals surface area (Å²) >= 11 is 0. The van der Waals surface area contributed by atoms with E-state index in [9.17, 15) is 14.4 Å². The molecule has 3 rings (SSSR count). The van der Waals surface area contributed by atoms with Crippen LogP contribution in [0.2, 0.25) is 0 Å². The van der Waals surface area contributed by atoms with Gasteiger partial charge in [0.05, 0.1) is 0 Å². The molecule has 1 aliphatic carbocycles. The first kappa shape index (κ1) is 19.1. The fourth-order valence-electron chi connectivity index (χ4n) is 3.78. The molecule has 0 bridgehead atoms. The summed E-state index contributed by atoms with van der Waals surface area (Å²) in [4.78, 5) is 41.8. The Morgan fingerprint density at radius 1 is 1.33 bits per heavy atom. The molecule has 3 N–H and O–H groups in total. The molecule has 146 valence electrons. The summed E-state index contributed by atoms with van der Waals surface area (Å²) in [7, 11) is 0. The maximum atomic E-state index is 12.6. The molecule has 0 aromatic carbocycles. The van der Waals surface area contributed by atoms with Crippen molar-refractivity contribution in [3.05, 3.63) is 23.9 Å². The highest BCUT2D eigenvalue weighted by Crippen LogP contribution is 2.29. The molecule has 2 fully saturated rings. The van der Waals surface area contributed by atoms with E-state index in [1.807, 2.05) is 13.8 Å². The van der Waals surface area contributed by atoms with Crippen LogP contribution in [0.1, 0.15) is 56.3 Å². The summed E-state index contributed by atoms with van der Waals surface area (Å²) in [5, 5.41) is 2.80. The lowest BCUT2D eigenvalue weighted by Gasteiger charge is -2.33. The Kier molecular flexibility index (Phi) is 5.62. The van der Waals surface area contributed by atoms with Crippen LogP contribution in [0.5, 0.6) is 5.88 Å². The minimum Gasteiger partial charge on any atom is -0.474 e. The van der Waals surface area contributed by atoms with Crippen molar-refractivity contribution < 1.29 is 19.1 Å². The highest BCUT2D eigenvalue weighted by molar-refractivity contribution is 6.04. The maximum absolute atomic E-state index is 12.6. The minimum absolute atomic E-state index is 0.117. The SMILES string of the molecule is CC(C)CC1NC(=O)N([C@H]2CC[C@H](Oc3ncccc3C(N)=O)CC2)C1=O. The number of nitrogens with zero attached hydrogens (tertiary/aromatic N) is 2. The van der Waals surface area contributed by atoms with E-state index in [0.717, 1.165) is 0 Å². The molecule has 27 heavy (non-hydrogen) atoms. The third-order valence-corrected chi connectivity index (χ3v) is 5.08. The molecule has 8 nitrogen and oxygen atoms in total. The van der Waals surface area contributed by atoms with Gasteiger partial charge < -0.3 is 15.8 Å². The molecule has 1 aromatic heterocycles. The van der Waals surface area contributed by atoms with E-state index in [-0.39, 0.29) is 35.5 Å². The summed E-state index contributed by atoms with van der Waals surface area (Å²) < 4.78 is 5.87. The van der Waals surface area contributed by atoms with Crippen LogP contribution < -0.4 is 15.8 Å². The Hall–Kier alpha value is -2.64. The molecular formula is C19H26N4O4. The van der Waals surface area contributed by atoms with Gasteiger partial charge in [-0.3, -0.25) is 14.5 Å². The Balaban J connectivity index is 1.59. The van der Waals surface area contributed by atoms with Crippen molar-refractivity contribution in [3.63, 3.8) is 0 Å². The molecule has 0 spiro atoms. The fraction of sp³-hybridized carbons (Fsp3) is 0.579. The van der Waals surface area contributed by atoms with Gasteiger partial charge in [-0.25, -0.2) is 9.78 Å². The first-order chi connectivity index (χ1) is 12.9. The number of imide groups is 1. The number of pyridine rings is 1. The molecule has 1 saturated carbocycles. The number of aromatic nitrogens is 1. The van der Waals surface area contributed by atoms with Crippen molar-refractivity contribution >= 4 is 17.8 Å². The van der Waals surface area contributed by atoms with Crippen LogP contribution in [-0.2, 0) is 4.79 Å². The summed E-state index contributed by atoms with van der Waals surface area (Å²) in [5.41, 5.74) is 5.61. The number of carbonyl (C=O) groups is 3. The number of urea groups is 1. The molecule has 1 unspecified atom stereocenters. The van der Waals surface area contributed by atoms with Crippen LogP contribution >= 0.6 is 0 Å². The zero-order valence-corrected chi connectivity index (χ0v) is 15.7. The van der Waals surface area contributed by atoms with Gasteiger partial charge in [-0.2, -0.15) is 0 Å². The van der Waals surface area contributed by atoms with Gasteiger partial charge >= 0.3 is 6.03 Å². The second kappa shape index (κ2) is 7.94. The van der Waals surface area contributed by atoms with Crippen molar-refractivity contribution in [2.24, 2.45) is 11.7 Å². The Morgan fingerprint density at radius 2 is 2.04 bits per heavy atom. The number of rotatable bonds is 6. The molecular weight excluding hydrogens is 348 g/mol. The average Bonchev–Trinajstić information content (AvgIpc) is 2.89. The molecule has 2 aliphatic rings. The van der Waals surface area contributed by atoms with Gasteiger partial charge in [-0.1, -0.05) is 13.8 Å². The van der Waals surface area contributed by atoms with E-state index in [2.05, 4.69) is 10.3 Å². The Morgan fingerprint density at radius 3 is 2.67 bits per heavy atom. The largest absolute Gasteiger partial charge is 0.474 e. The van der Waals surface area contributed by atoms with Gasteiger partial charge in [0.1, 0.15) is 17.7 Å². The summed E-state index contributed by atoms with van der Waals surface area (Å²) in [5.74, 6) is -0.136. The number of hydrogen-bond acceptors (Lipinski definition) is 5. The van der Waals surface area contributed by atoms with Crippen molar-refractivity contribution in [3.8, 4) is 5.88 Å². The molecule has 1 atom stereocenters. The molecule has 2 heterocycles. The van der Waals surface area contributed by atoms with Gasteiger partial charge in [0.25, 0.3) is 11.8 Å². The predicted molar refractivity (Wildman–Crippen MR) is 98.0 cm³/mol. The summed E-state index contributed by atoms with van der Waals surface area (Å²) in [6, 6.07) is 2.38. The lowest BCUT2D eigenvalue weighted by molar-refractivity contribution is -0.130. The first-order valence-electron chi connectivity index (χ1n) is 9.41. The van der Waals surface area contributed by atoms with E-state index < -0.39 is 11.9 Å². The summed E-state index contributed by atoms with van der Waals surface area (Å²) in [6.45, 7) is 4.06. The number of amides is 4. The van der Waals surface area contributed by atoms with E-state index in [0.29, 0.717) is 38.0 Å². The topological polar surface area (TPSA) is 115 Å². The van der Waals surface area contributed by atoms with Crippen LogP contribution in [-0.4, -0.2) is 45.9 Å². The Bertz CT molecular complexity index is 728. The molecule has 1 aliphatic heterocycles. The van der Waals surface area contributed by atoms with Crippen LogP contribution in [0.3, 0.4) is 0 Å². The molecule has 4 amide bonds.